The van der Waals surface area contributed by atoms with E-state index in [9.17, 15) is 0 Å². The first-order chi connectivity index (χ1) is 4.85. The van der Waals surface area contributed by atoms with E-state index in [1.807, 2.05) is 0 Å². The molecule has 0 spiro atoms. The minimum Gasteiger partial charge on any atom is -0.383 e. The molecule has 0 aromatic heterocycles. The van der Waals surface area contributed by atoms with Crippen LogP contribution in [0.1, 0.15) is 13.3 Å². The Bertz CT molecular complexity index is 56.4. The lowest BCUT2D eigenvalue weighted by atomic mass is 10.2. The van der Waals surface area contributed by atoms with E-state index in [2.05, 4.69) is 12.2 Å². The third-order valence-corrected chi connectivity index (χ3v) is 1.54. The highest BCUT2D eigenvalue weighted by molar-refractivity contribution is 6.17. The van der Waals surface area contributed by atoms with Crippen molar-refractivity contribution in [1.29, 1.82) is 0 Å². The van der Waals surface area contributed by atoms with Crippen molar-refractivity contribution < 1.29 is 4.74 Å². The number of methoxy groups -OCH3 is 1. The van der Waals surface area contributed by atoms with Gasteiger partial charge in [-0.1, -0.05) is 6.92 Å². The summed E-state index contributed by atoms with van der Waals surface area (Å²) in [5, 5.41) is 3.28. The van der Waals surface area contributed by atoms with Gasteiger partial charge in [-0.25, -0.2) is 0 Å². The molecule has 10 heavy (non-hydrogen) atoms. The number of rotatable bonds is 6. The third kappa shape index (κ3) is 5.03. The molecule has 0 amide bonds. The summed E-state index contributed by atoms with van der Waals surface area (Å²) in [5.74, 6) is 0.695. The minimum absolute atomic E-state index is 0.424. The Hall–Kier alpha value is 0.210. The quantitative estimate of drug-likeness (QED) is 0.598. The van der Waals surface area contributed by atoms with Gasteiger partial charge in [0.1, 0.15) is 0 Å². The van der Waals surface area contributed by atoms with Gasteiger partial charge in [0.15, 0.2) is 0 Å². The molecular weight excluding hydrogens is 150 g/mol. The third-order valence-electron chi connectivity index (χ3n) is 1.32. The molecule has 0 aliphatic rings. The highest BCUT2D eigenvalue weighted by atomic mass is 35.5. The molecule has 1 atom stereocenters. The van der Waals surface area contributed by atoms with E-state index >= 15 is 0 Å². The van der Waals surface area contributed by atoms with E-state index in [1.165, 1.54) is 0 Å². The van der Waals surface area contributed by atoms with Crippen molar-refractivity contribution in [3.05, 3.63) is 0 Å². The fraction of sp³-hybridized carbons (Fsp3) is 1.00. The Morgan fingerprint density at radius 2 is 2.30 bits per heavy atom. The summed E-state index contributed by atoms with van der Waals surface area (Å²) in [5.41, 5.74) is 0. The van der Waals surface area contributed by atoms with Crippen LogP contribution in [0.25, 0.3) is 0 Å². The van der Waals surface area contributed by atoms with Crippen LogP contribution in [0, 0.1) is 0 Å². The fourth-order valence-electron chi connectivity index (χ4n) is 0.866. The monoisotopic (exact) mass is 165 g/mol. The fourth-order valence-corrected chi connectivity index (χ4v) is 1.13. The number of halogens is 1. The van der Waals surface area contributed by atoms with Crippen LogP contribution >= 0.6 is 11.6 Å². The zero-order valence-corrected chi connectivity index (χ0v) is 7.45. The van der Waals surface area contributed by atoms with Crippen molar-refractivity contribution in [3.63, 3.8) is 0 Å². The van der Waals surface area contributed by atoms with Gasteiger partial charge in [0.25, 0.3) is 0 Å². The summed E-state index contributed by atoms with van der Waals surface area (Å²) in [4.78, 5) is 0. The van der Waals surface area contributed by atoms with Crippen molar-refractivity contribution in [2.75, 3.05) is 26.1 Å². The van der Waals surface area contributed by atoms with Crippen molar-refractivity contribution in [3.8, 4) is 0 Å². The SMILES string of the molecule is CCNC(CCCl)COC. The molecule has 0 rings (SSSR count). The Kier molecular flexibility index (Phi) is 7.47. The molecule has 3 heteroatoms. The van der Waals surface area contributed by atoms with Crippen LogP contribution in [0.3, 0.4) is 0 Å². The predicted molar refractivity (Wildman–Crippen MR) is 44.7 cm³/mol. The minimum atomic E-state index is 0.424. The zero-order valence-electron chi connectivity index (χ0n) is 6.69. The van der Waals surface area contributed by atoms with E-state index in [1.54, 1.807) is 7.11 Å². The molecule has 62 valence electrons. The zero-order chi connectivity index (χ0) is 7.82. The normalized spacial score (nSPS) is 13.5. The summed E-state index contributed by atoms with van der Waals surface area (Å²) < 4.78 is 4.99. The summed E-state index contributed by atoms with van der Waals surface area (Å²) in [7, 11) is 1.71. The molecule has 0 aliphatic carbocycles. The van der Waals surface area contributed by atoms with Crippen molar-refractivity contribution in [1.82, 2.24) is 5.32 Å². The first kappa shape index (κ1) is 10.2. The molecular formula is C7H16ClNO. The molecule has 0 fully saturated rings. The second kappa shape index (κ2) is 7.32. The Morgan fingerprint density at radius 3 is 2.70 bits per heavy atom. The van der Waals surface area contributed by atoms with Gasteiger partial charge >= 0.3 is 0 Å². The average Bonchev–Trinajstić information content (AvgIpc) is 1.90. The summed E-state index contributed by atoms with van der Waals surface area (Å²) in [6.45, 7) is 3.81. The molecule has 1 unspecified atom stereocenters. The number of likely N-dealkylation sites (N-methyl/N-ethyl adjacent to an activating group) is 1. The van der Waals surface area contributed by atoms with Gasteiger partial charge in [0.2, 0.25) is 0 Å². The number of alkyl halides is 1. The molecule has 0 radical (unpaired) electrons. The Labute approximate surface area is 67.9 Å². The van der Waals surface area contributed by atoms with E-state index < -0.39 is 0 Å². The van der Waals surface area contributed by atoms with Crippen LogP contribution < -0.4 is 5.32 Å². The second-order valence-electron chi connectivity index (χ2n) is 2.19. The van der Waals surface area contributed by atoms with Crippen LogP contribution in [0.5, 0.6) is 0 Å². The summed E-state index contributed by atoms with van der Waals surface area (Å²) >= 11 is 5.57. The first-order valence-electron chi connectivity index (χ1n) is 3.63. The van der Waals surface area contributed by atoms with Gasteiger partial charge in [-0.05, 0) is 13.0 Å². The molecule has 0 bridgehead atoms. The Balaban J connectivity index is 3.30. The van der Waals surface area contributed by atoms with Gasteiger partial charge < -0.3 is 10.1 Å². The van der Waals surface area contributed by atoms with Gasteiger partial charge in [-0.2, -0.15) is 0 Å². The predicted octanol–water partition coefficient (Wildman–Crippen LogP) is 1.24. The number of ether oxygens (including phenoxy) is 1. The molecule has 2 nitrogen and oxygen atoms in total. The topological polar surface area (TPSA) is 21.3 Å². The second-order valence-corrected chi connectivity index (χ2v) is 2.57. The molecule has 0 aliphatic heterocycles. The maximum atomic E-state index is 5.57. The molecule has 1 N–H and O–H groups in total. The van der Waals surface area contributed by atoms with Gasteiger partial charge in [-0.3, -0.25) is 0 Å². The Morgan fingerprint density at radius 1 is 1.60 bits per heavy atom. The average molecular weight is 166 g/mol. The largest absolute Gasteiger partial charge is 0.383 e. The van der Waals surface area contributed by atoms with Crippen LogP contribution in [0.2, 0.25) is 0 Å². The van der Waals surface area contributed by atoms with Crippen LogP contribution in [0.15, 0.2) is 0 Å². The molecule has 0 saturated heterocycles. The van der Waals surface area contributed by atoms with Crippen LogP contribution in [0.4, 0.5) is 0 Å². The lowest BCUT2D eigenvalue weighted by Gasteiger charge is -2.14. The highest BCUT2D eigenvalue weighted by Gasteiger charge is 2.03. The number of hydrogen-bond donors (Lipinski definition) is 1. The molecule has 0 aromatic carbocycles. The van der Waals surface area contributed by atoms with E-state index in [4.69, 9.17) is 16.3 Å². The van der Waals surface area contributed by atoms with Gasteiger partial charge in [0.05, 0.1) is 6.61 Å². The lowest BCUT2D eigenvalue weighted by molar-refractivity contribution is 0.165. The number of hydrogen-bond acceptors (Lipinski definition) is 2. The lowest BCUT2D eigenvalue weighted by Crippen LogP contribution is -2.33. The smallest absolute Gasteiger partial charge is 0.0616 e. The molecule has 0 aromatic rings. The standard InChI is InChI=1S/C7H16ClNO/c1-3-9-7(4-5-8)6-10-2/h7,9H,3-6H2,1-2H3. The van der Waals surface area contributed by atoms with Crippen molar-refractivity contribution in [2.24, 2.45) is 0 Å². The summed E-state index contributed by atoms with van der Waals surface area (Å²) in [6.07, 6.45) is 0.975. The van der Waals surface area contributed by atoms with Crippen LogP contribution in [-0.4, -0.2) is 32.2 Å². The highest BCUT2D eigenvalue weighted by Crippen LogP contribution is 1.94. The van der Waals surface area contributed by atoms with E-state index in [0.29, 0.717) is 11.9 Å². The van der Waals surface area contributed by atoms with Crippen LogP contribution in [-0.2, 0) is 4.74 Å². The van der Waals surface area contributed by atoms with E-state index in [-0.39, 0.29) is 0 Å². The van der Waals surface area contributed by atoms with Gasteiger partial charge in [0, 0.05) is 19.0 Å². The van der Waals surface area contributed by atoms with Crippen molar-refractivity contribution >= 4 is 11.6 Å². The first-order valence-corrected chi connectivity index (χ1v) is 4.16. The number of nitrogens with one attached hydrogen (secondary N) is 1. The molecule has 0 saturated carbocycles. The molecule has 0 heterocycles. The van der Waals surface area contributed by atoms with Crippen molar-refractivity contribution in [2.45, 2.75) is 19.4 Å². The maximum absolute atomic E-state index is 5.57. The summed E-state index contributed by atoms with van der Waals surface area (Å²) in [6, 6.07) is 0.424. The van der Waals surface area contributed by atoms with Gasteiger partial charge in [-0.15, -0.1) is 11.6 Å². The van der Waals surface area contributed by atoms with E-state index in [0.717, 1.165) is 19.6 Å². The maximum Gasteiger partial charge on any atom is 0.0616 e.